The van der Waals surface area contributed by atoms with Crippen LogP contribution in [0.1, 0.15) is 38.9 Å². The summed E-state index contributed by atoms with van der Waals surface area (Å²) in [7, 11) is 0. The van der Waals surface area contributed by atoms with Crippen LogP contribution >= 0.6 is 0 Å². The first-order chi connectivity index (χ1) is 8.52. The minimum atomic E-state index is -0.510. The molecule has 0 aliphatic heterocycles. The fourth-order valence-electron chi connectivity index (χ4n) is 2.17. The van der Waals surface area contributed by atoms with Crippen molar-refractivity contribution < 1.29 is 9.52 Å². The minimum absolute atomic E-state index is 0.344. The summed E-state index contributed by atoms with van der Waals surface area (Å²) in [6.07, 6.45) is 0.189. The van der Waals surface area contributed by atoms with Gasteiger partial charge in [-0.3, -0.25) is 4.57 Å². The van der Waals surface area contributed by atoms with Crippen molar-refractivity contribution >= 4 is 11.1 Å². The molecule has 0 aliphatic carbocycles. The van der Waals surface area contributed by atoms with Gasteiger partial charge in [-0.05, 0) is 37.0 Å². The Morgan fingerprint density at radius 3 is 2.72 bits per heavy atom. The first kappa shape index (κ1) is 12.9. The predicted octanol–water partition coefficient (Wildman–Crippen LogP) is 2.69. The molecule has 1 unspecified atom stereocenters. The lowest BCUT2D eigenvalue weighted by atomic mass is 9.99. The zero-order chi connectivity index (χ0) is 13.3. The molecule has 0 saturated carbocycles. The van der Waals surface area contributed by atoms with Crippen LogP contribution in [0, 0.1) is 5.92 Å². The molecule has 2 aromatic rings. The third-order valence-corrected chi connectivity index (χ3v) is 3.09. The molecule has 98 valence electrons. The van der Waals surface area contributed by atoms with Crippen molar-refractivity contribution in [2.24, 2.45) is 5.92 Å². The molecular weight excluding hydrogens is 230 g/mol. The number of hydrogen-bond acceptors (Lipinski definition) is 3. The number of fused-ring (bicyclic) bond motifs is 1. The average molecular weight is 249 g/mol. The number of hydrogen-bond donors (Lipinski definition) is 1. The van der Waals surface area contributed by atoms with E-state index in [9.17, 15) is 9.90 Å². The maximum atomic E-state index is 11.6. The second-order valence-corrected chi connectivity index (χ2v) is 4.98. The molecule has 0 bridgehead atoms. The van der Waals surface area contributed by atoms with Gasteiger partial charge < -0.3 is 9.52 Å². The van der Waals surface area contributed by atoms with Crippen molar-refractivity contribution in [2.45, 2.75) is 39.8 Å². The standard InChI is InChI=1S/C14H19NO3/c1-4-15-11-6-5-10(12(16)7-9(2)3)8-13(11)18-14(15)17/h5-6,8-9,12,16H,4,7H2,1-3H3. The van der Waals surface area contributed by atoms with Crippen LogP contribution in [0.15, 0.2) is 27.4 Å². The van der Waals surface area contributed by atoms with E-state index in [1.54, 1.807) is 10.6 Å². The van der Waals surface area contributed by atoms with Gasteiger partial charge in [-0.2, -0.15) is 0 Å². The molecule has 0 saturated heterocycles. The van der Waals surface area contributed by atoms with Crippen LogP contribution in [0.3, 0.4) is 0 Å². The lowest BCUT2D eigenvalue weighted by Gasteiger charge is -2.13. The fourth-order valence-corrected chi connectivity index (χ4v) is 2.17. The molecule has 1 aromatic heterocycles. The topological polar surface area (TPSA) is 55.4 Å². The Morgan fingerprint density at radius 1 is 1.39 bits per heavy atom. The highest BCUT2D eigenvalue weighted by Crippen LogP contribution is 2.24. The van der Waals surface area contributed by atoms with E-state index < -0.39 is 6.10 Å². The minimum Gasteiger partial charge on any atom is -0.408 e. The second-order valence-electron chi connectivity index (χ2n) is 4.98. The Hall–Kier alpha value is -1.55. The molecule has 1 heterocycles. The van der Waals surface area contributed by atoms with E-state index in [4.69, 9.17) is 4.42 Å². The van der Waals surface area contributed by atoms with Crippen LogP contribution < -0.4 is 5.76 Å². The number of nitrogens with zero attached hydrogens (tertiary/aromatic N) is 1. The summed E-state index contributed by atoms with van der Waals surface area (Å²) in [6, 6.07) is 5.45. The molecule has 0 fully saturated rings. The van der Waals surface area contributed by atoms with Crippen molar-refractivity contribution in [2.75, 3.05) is 0 Å². The van der Waals surface area contributed by atoms with Gasteiger partial charge in [0.15, 0.2) is 5.58 Å². The van der Waals surface area contributed by atoms with Crippen molar-refractivity contribution in [1.82, 2.24) is 4.57 Å². The van der Waals surface area contributed by atoms with Gasteiger partial charge in [0.25, 0.3) is 0 Å². The second kappa shape index (κ2) is 4.98. The molecule has 4 nitrogen and oxygen atoms in total. The summed E-state index contributed by atoms with van der Waals surface area (Å²) in [5, 5.41) is 10.1. The normalized spacial score (nSPS) is 13.4. The Morgan fingerprint density at radius 2 is 2.11 bits per heavy atom. The maximum absolute atomic E-state index is 11.6. The van der Waals surface area contributed by atoms with Crippen molar-refractivity contribution in [3.8, 4) is 0 Å². The molecular formula is C14H19NO3. The summed E-state index contributed by atoms with van der Waals surface area (Å²) < 4.78 is 6.76. The Labute approximate surface area is 106 Å². The fraction of sp³-hybridized carbons (Fsp3) is 0.500. The zero-order valence-corrected chi connectivity index (χ0v) is 11.0. The van der Waals surface area contributed by atoms with Crippen LogP contribution in [-0.4, -0.2) is 9.67 Å². The van der Waals surface area contributed by atoms with E-state index in [-0.39, 0.29) is 5.76 Å². The van der Waals surface area contributed by atoms with Gasteiger partial charge in [0, 0.05) is 6.54 Å². The number of aliphatic hydroxyl groups is 1. The Balaban J connectivity index is 2.42. The number of aliphatic hydroxyl groups excluding tert-OH is 1. The van der Waals surface area contributed by atoms with E-state index in [2.05, 4.69) is 13.8 Å². The molecule has 1 aromatic carbocycles. The molecule has 0 amide bonds. The van der Waals surface area contributed by atoms with Crippen LogP contribution in [-0.2, 0) is 6.54 Å². The van der Waals surface area contributed by atoms with E-state index >= 15 is 0 Å². The molecule has 18 heavy (non-hydrogen) atoms. The lowest BCUT2D eigenvalue weighted by molar-refractivity contribution is 0.151. The molecule has 2 rings (SSSR count). The van der Waals surface area contributed by atoms with Crippen molar-refractivity contribution in [1.29, 1.82) is 0 Å². The van der Waals surface area contributed by atoms with E-state index in [0.29, 0.717) is 24.5 Å². The number of benzene rings is 1. The van der Waals surface area contributed by atoms with E-state index in [1.165, 1.54) is 0 Å². The Kier molecular flexibility index (Phi) is 3.57. The van der Waals surface area contributed by atoms with Crippen LogP contribution in [0.5, 0.6) is 0 Å². The van der Waals surface area contributed by atoms with Crippen LogP contribution in [0.4, 0.5) is 0 Å². The van der Waals surface area contributed by atoms with Gasteiger partial charge in [-0.1, -0.05) is 19.9 Å². The van der Waals surface area contributed by atoms with E-state index in [1.807, 2.05) is 19.1 Å². The first-order valence-electron chi connectivity index (χ1n) is 6.34. The highest BCUT2D eigenvalue weighted by Gasteiger charge is 2.13. The summed E-state index contributed by atoms with van der Waals surface area (Å²) >= 11 is 0. The number of oxazole rings is 1. The smallest absolute Gasteiger partial charge is 0.408 e. The van der Waals surface area contributed by atoms with Gasteiger partial charge in [0.2, 0.25) is 0 Å². The summed E-state index contributed by atoms with van der Waals surface area (Å²) in [5.41, 5.74) is 2.12. The third-order valence-electron chi connectivity index (χ3n) is 3.09. The maximum Gasteiger partial charge on any atom is 0.419 e. The monoisotopic (exact) mass is 249 g/mol. The molecule has 0 radical (unpaired) electrons. The average Bonchev–Trinajstić information content (AvgIpc) is 2.62. The highest BCUT2D eigenvalue weighted by molar-refractivity contribution is 5.73. The molecule has 4 heteroatoms. The van der Waals surface area contributed by atoms with Crippen LogP contribution in [0.2, 0.25) is 0 Å². The molecule has 0 aliphatic rings. The van der Waals surface area contributed by atoms with Gasteiger partial charge in [0.05, 0.1) is 11.6 Å². The Bertz CT molecular complexity index is 595. The van der Waals surface area contributed by atoms with Crippen LogP contribution in [0.25, 0.3) is 11.1 Å². The first-order valence-corrected chi connectivity index (χ1v) is 6.34. The molecule has 1 atom stereocenters. The summed E-state index contributed by atoms with van der Waals surface area (Å²) in [4.78, 5) is 11.6. The quantitative estimate of drug-likeness (QED) is 0.906. The zero-order valence-electron chi connectivity index (χ0n) is 11.0. The van der Waals surface area contributed by atoms with Gasteiger partial charge in [-0.15, -0.1) is 0 Å². The highest BCUT2D eigenvalue weighted by atomic mass is 16.4. The number of rotatable bonds is 4. The van der Waals surface area contributed by atoms with Gasteiger partial charge in [0.1, 0.15) is 0 Å². The molecule has 0 spiro atoms. The van der Waals surface area contributed by atoms with Gasteiger partial charge >= 0.3 is 5.76 Å². The van der Waals surface area contributed by atoms with Crippen molar-refractivity contribution in [3.63, 3.8) is 0 Å². The number of aryl methyl sites for hydroxylation is 1. The summed E-state index contributed by atoms with van der Waals surface area (Å²) in [6.45, 7) is 6.61. The predicted molar refractivity (Wildman–Crippen MR) is 70.6 cm³/mol. The van der Waals surface area contributed by atoms with E-state index in [0.717, 1.165) is 11.1 Å². The lowest BCUT2D eigenvalue weighted by Crippen LogP contribution is -2.11. The molecule has 1 N–H and O–H groups in total. The third kappa shape index (κ3) is 2.34. The summed E-state index contributed by atoms with van der Waals surface area (Å²) in [5.74, 6) is 0.0749. The number of aromatic nitrogens is 1. The van der Waals surface area contributed by atoms with Crippen molar-refractivity contribution in [3.05, 3.63) is 34.3 Å². The SMILES string of the molecule is CCn1c(=O)oc2cc(C(O)CC(C)C)ccc21. The van der Waals surface area contributed by atoms with Gasteiger partial charge in [-0.25, -0.2) is 4.79 Å². The largest absolute Gasteiger partial charge is 0.419 e.